The van der Waals surface area contributed by atoms with Gasteiger partial charge in [-0.25, -0.2) is 0 Å². The van der Waals surface area contributed by atoms with Gasteiger partial charge in [0.05, 0.1) is 0 Å². The monoisotopic (exact) mass is 250 g/mol. The maximum Gasteiger partial charge on any atom is 0.0267 e. The summed E-state index contributed by atoms with van der Waals surface area (Å²) >= 11 is 0. The summed E-state index contributed by atoms with van der Waals surface area (Å²) in [5.41, 5.74) is 4.40. The molecule has 0 aromatic heterocycles. The molecule has 4 fully saturated rings. The highest BCUT2D eigenvalue weighted by molar-refractivity contribution is 5.09. The van der Waals surface area contributed by atoms with E-state index in [4.69, 9.17) is 5.84 Å². The van der Waals surface area contributed by atoms with E-state index < -0.39 is 0 Å². The van der Waals surface area contributed by atoms with Gasteiger partial charge >= 0.3 is 0 Å². The molecule has 4 bridgehead atoms. The Labute approximate surface area is 112 Å². The smallest absolute Gasteiger partial charge is 0.0267 e. The Morgan fingerprint density at radius 3 is 2.39 bits per heavy atom. The molecule has 4 rings (SSSR count). The van der Waals surface area contributed by atoms with Crippen molar-refractivity contribution in [3.05, 3.63) is 0 Å². The highest BCUT2D eigenvalue weighted by atomic mass is 15.2. The van der Waals surface area contributed by atoms with Crippen LogP contribution in [0.4, 0.5) is 0 Å². The molecule has 0 aromatic carbocycles. The number of nitrogens with one attached hydrogen (secondary N) is 1. The van der Waals surface area contributed by atoms with E-state index in [0.717, 1.165) is 11.8 Å². The third kappa shape index (κ3) is 2.02. The fourth-order valence-electron chi connectivity index (χ4n) is 6.18. The molecule has 2 nitrogen and oxygen atoms in total. The average Bonchev–Trinajstić information content (AvgIpc) is 2.26. The Morgan fingerprint density at radius 2 is 1.89 bits per heavy atom. The fraction of sp³-hybridized carbons (Fsp3) is 1.00. The zero-order valence-corrected chi connectivity index (χ0v) is 12.2. The second-order valence-corrected chi connectivity index (χ2v) is 8.00. The van der Waals surface area contributed by atoms with Crippen molar-refractivity contribution in [2.24, 2.45) is 28.5 Å². The summed E-state index contributed by atoms with van der Waals surface area (Å²) in [4.78, 5) is 0. The van der Waals surface area contributed by atoms with E-state index in [1.807, 2.05) is 0 Å². The van der Waals surface area contributed by atoms with Gasteiger partial charge < -0.3 is 0 Å². The third-order valence-corrected chi connectivity index (χ3v) is 6.19. The van der Waals surface area contributed by atoms with E-state index in [1.54, 1.807) is 0 Å². The minimum absolute atomic E-state index is 0.544. The molecule has 0 heterocycles. The van der Waals surface area contributed by atoms with Crippen molar-refractivity contribution >= 4 is 0 Å². The first kappa shape index (κ1) is 12.9. The van der Waals surface area contributed by atoms with Gasteiger partial charge in [-0.1, -0.05) is 26.7 Å². The Hall–Kier alpha value is -0.0800. The SMILES string of the molecule is CCCCC(NN)C12CC3CC(CC(C)(C3)C1)C2. The summed E-state index contributed by atoms with van der Waals surface area (Å²) < 4.78 is 0. The fourth-order valence-corrected chi connectivity index (χ4v) is 6.18. The standard InChI is InChI=1S/C16H30N2/c1-3-4-5-14(18-17)16-9-12-6-13(10-16)8-15(2,7-12)11-16/h12-14,18H,3-11,17H2,1-2H3. The molecular weight excluding hydrogens is 220 g/mol. The molecule has 3 N–H and O–H groups in total. The maximum atomic E-state index is 5.93. The van der Waals surface area contributed by atoms with Crippen molar-refractivity contribution in [3.63, 3.8) is 0 Å². The highest BCUT2D eigenvalue weighted by Gasteiger charge is 2.57. The van der Waals surface area contributed by atoms with Gasteiger partial charge in [-0.2, -0.15) is 0 Å². The van der Waals surface area contributed by atoms with Crippen molar-refractivity contribution in [1.29, 1.82) is 0 Å². The van der Waals surface area contributed by atoms with Gasteiger partial charge in [0.25, 0.3) is 0 Å². The van der Waals surface area contributed by atoms with Crippen LogP contribution in [-0.4, -0.2) is 6.04 Å². The number of rotatable bonds is 5. The van der Waals surface area contributed by atoms with Gasteiger partial charge in [0.1, 0.15) is 0 Å². The summed E-state index contributed by atoms with van der Waals surface area (Å²) in [5, 5.41) is 0. The largest absolute Gasteiger partial charge is 0.271 e. The van der Waals surface area contributed by atoms with Crippen LogP contribution in [0.15, 0.2) is 0 Å². The summed E-state index contributed by atoms with van der Waals surface area (Å²) in [5.74, 6) is 7.94. The number of hydrogen-bond donors (Lipinski definition) is 2. The number of nitrogens with two attached hydrogens (primary N) is 1. The summed E-state index contributed by atoms with van der Waals surface area (Å²) in [6.07, 6.45) is 12.7. The van der Waals surface area contributed by atoms with Gasteiger partial charge in [-0.3, -0.25) is 11.3 Å². The normalized spacial score (nSPS) is 47.5. The third-order valence-electron chi connectivity index (χ3n) is 6.19. The predicted octanol–water partition coefficient (Wildman–Crippen LogP) is 3.62. The summed E-state index contributed by atoms with van der Waals surface area (Å²) in [6.45, 7) is 4.83. The molecule has 0 aromatic rings. The molecule has 0 radical (unpaired) electrons. The van der Waals surface area contributed by atoms with E-state index in [1.165, 1.54) is 57.8 Å². The van der Waals surface area contributed by atoms with Gasteiger partial charge in [0.15, 0.2) is 0 Å². The molecule has 3 atom stereocenters. The lowest BCUT2D eigenvalue weighted by atomic mass is 9.43. The van der Waals surface area contributed by atoms with Crippen molar-refractivity contribution in [1.82, 2.24) is 5.43 Å². The van der Waals surface area contributed by atoms with E-state index >= 15 is 0 Å². The predicted molar refractivity (Wildman–Crippen MR) is 75.9 cm³/mol. The Bertz CT molecular complexity index is 298. The minimum atomic E-state index is 0.544. The average molecular weight is 250 g/mol. The van der Waals surface area contributed by atoms with E-state index in [2.05, 4.69) is 19.3 Å². The molecule has 4 aliphatic rings. The summed E-state index contributed by atoms with van der Waals surface area (Å²) in [6, 6.07) is 0.572. The van der Waals surface area contributed by atoms with Crippen LogP contribution in [0.1, 0.15) is 71.6 Å². The second kappa shape index (κ2) is 4.49. The molecule has 18 heavy (non-hydrogen) atoms. The first-order valence-corrected chi connectivity index (χ1v) is 8.05. The van der Waals surface area contributed by atoms with Crippen molar-refractivity contribution in [2.75, 3.05) is 0 Å². The first-order chi connectivity index (χ1) is 8.59. The number of hydrazine groups is 1. The van der Waals surface area contributed by atoms with Gasteiger partial charge in [-0.05, 0) is 67.6 Å². The minimum Gasteiger partial charge on any atom is -0.271 e. The molecule has 104 valence electrons. The van der Waals surface area contributed by atoms with Crippen LogP contribution < -0.4 is 11.3 Å². The van der Waals surface area contributed by atoms with E-state index in [0.29, 0.717) is 16.9 Å². The molecule has 0 amide bonds. The highest BCUT2D eigenvalue weighted by Crippen LogP contribution is 2.66. The molecule has 0 saturated heterocycles. The molecule has 0 aliphatic heterocycles. The lowest BCUT2D eigenvalue weighted by Crippen LogP contribution is -2.59. The van der Waals surface area contributed by atoms with Crippen LogP contribution in [0.3, 0.4) is 0 Å². The van der Waals surface area contributed by atoms with Crippen molar-refractivity contribution in [3.8, 4) is 0 Å². The Morgan fingerprint density at radius 1 is 1.22 bits per heavy atom. The zero-order chi connectivity index (χ0) is 12.8. The molecule has 0 spiro atoms. The zero-order valence-electron chi connectivity index (χ0n) is 12.2. The first-order valence-electron chi connectivity index (χ1n) is 8.05. The van der Waals surface area contributed by atoms with Crippen LogP contribution in [-0.2, 0) is 0 Å². The Kier molecular flexibility index (Phi) is 3.22. The van der Waals surface area contributed by atoms with Crippen LogP contribution in [0.2, 0.25) is 0 Å². The lowest BCUT2D eigenvalue weighted by molar-refractivity contribution is -0.119. The van der Waals surface area contributed by atoms with Gasteiger partial charge in [-0.15, -0.1) is 0 Å². The van der Waals surface area contributed by atoms with Crippen LogP contribution in [0, 0.1) is 22.7 Å². The van der Waals surface area contributed by atoms with E-state index in [9.17, 15) is 0 Å². The van der Waals surface area contributed by atoms with Gasteiger partial charge in [0, 0.05) is 6.04 Å². The lowest BCUT2D eigenvalue weighted by Gasteiger charge is -2.63. The van der Waals surface area contributed by atoms with Crippen molar-refractivity contribution < 1.29 is 0 Å². The number of unbranched alkanes of at least 4 members (excludes halogenated alkanes) is 1. The van der Waals surface area contributed by atoms with Crippen molar-refractivity contribution in [2.45, 2.75) is 77.7 Å². The maximum absolute atomic E-state index is 5.93. The molecular formula is C16H30N2. The van der Waals surface area contributed by atoms with Crippen LogP contribution >= 0.6 is 0 Å². The molecule has 2 heteroatoms. The molecule has 4 saturated carbocycles. The van der Waals surface area contributed by atoms with E-state index in [-0.39, 0.29) is 0 Å². The summed E-state index contributed by atoms with van der Waals surface area (Å²) in [7, 11) is 0. The molecule has 3 unspecified atom stereocenters. The quantitative estimate of drug-likeness (QED) is 0.578. The topological polar surface area (TPSA) is 38.0 Å². The molecule has 4 aliphatic carbocycles. The second-order valence-electron chi connectivity index (χ2n) is 8.00. The van der Waals surface area contributed by atoms with Crippen LogP contribution in [0.25, 0.3) is 0 Å². The number of hydrogen-bond acceptors (Lipinski definition) is 2. The Balaban J connectivity index is 1.81. The van der Waals surface area contributed by atoms with Gasteiger partial charge in [0.2, 0.25) is 0 Å². The van der Waals surface area contributed by atoms with Crippen LogP contribution in [0.5, 0.6) is 0 Å².